The van der Waals surface area contributed by atoms with E-state index in [1.807, 2.05) is 0 Å². The van der Waals surface area contributed by atoms with Gasteiger partial charge < -0.3 is 19.6 Å². The number of aromatic nitrogens is 2. The van der Waals surface area contributed by atoms with E-state index in [2.05, 4.69) is 88.1 Å². The fraction of sp³-hybridized carbons (Fsp3) is 0.559. The molecule has 2 aromatic carbocycles. The van der Waals surface area contributed by atoms with Gasteiger partial charge >= 0.3 is 7.60 Å². The molecule has 2 aliphatic heterocycles. The van der Waals surface area contributed by atoms with Gasteiger partial charge in [-0.3, -0.25) is 9.25 Å². The predicted molar refractivity (Wildman–Crippen MR) is 168 cm³/mol. The second kappa shape index (κ2) is 12.8. The van der Waals surface area contributed by atoms with Crippen LogP contribution >= 0.6 is 7.60 Å². The van der Waals surface area contributed by atoms with Crippen molar-refractivity contribution in [2.24, 2.45) is 5.92 Å². The summed E-state index contributed by atoms with van der Waals surface area (Å²) in [6.45, 7) is 8.60. The largest absolute Gasteiger partial charge is 0.332 e. The Hall–Kier alpha value is -2.28. The number of benzene rings is 2. The monoisotopic (exact) mass is 590 g/mol. The highest BCUT2D eigenvalue weighted by Crippen LogP contribution is 2.59. The van der Waals surface area contributed by atoms with Gasteiger partial charge in [0.1, 0.15) is 0 Å². The van der Waals surface area contributed by atoms with Crippen molar-refractivity contribution in [1.82, 2.24) is 19.6 Å². The number of rotatable bonds is 10. The van der Waals surface area contributed by atoms with Crippen molar-refractivity contribution in [1.29, 1.82) is 0 Å². The molecule has 1 saturated carbocycles. The van der Waals surface area contributed by atoms with E-state index in [1.165, 1.54) is 16.8 Å². The van der Waals surface area contributed by atoms with Crippen molar-refractivity contribution in [2.75, 3.05) is 39.3 Å². The summed E-state index contributed by atoms with van der Waals surface area (Å²) in [4.78, 5) is 25.7. The van der Waals surface area contributed by atoms with Gasteiger partial charge in [-0.2, -0.15) is 5.10 Å². The molecule has 6 rings (SSSR count). The lowest BCUT2D eigenvalue weighted by Crippen LogP contribution is -2.41. The standard InChI is InChI=1S/C34H47N4O3P/c1-2-38-33(22-31(35-38)21-27-11-5-3-6-12-27)29-15-19-36(20-16-29)23-30-24-37(25-32(30)28-13-7-4-8-14-28)26-34(42(39,40)41)17-9-10-18-34/h3-8,11-14,22,29-30,32H,2,9-10,15-21,23-26H2,1H3,(H2,39,40,41)/t30-,32-/m1/s1. The highest BCUT2D eigenvalue weighted by atomic mass is 31.2. The Kier molecular flexibility index (Phi) is 9.04. The molecule has 3 aliphatic rings. The molecule has 8 heteroatoms. The second-order valence-corrected chi connectivity index (χ2v) is 15.1. The topological polar surface area (TPSA) is 81.8 Å². The van der Waals surface area contributed by atoms with Gasteiger partial charge in [-0.15, -0.1) is 0 Å². The van der Waals surface area contributed by atoms with E-state index in [0.717, 1.165) is 77.1 Å². The lowest BCUT2D eigenvalue weighted by molar-refractivity contribution is 0.173. The first-order valence-corrected chi connectivity index (χ1v) is 17.6. The zero-order chi connectivity index (χ0) is 29.2. The summed E-state index contributed by atoms with van der Waals surface area (Å²) >= 11 is 0. The number of likely N-dealkylation sites (tertiary alicyclic amines) is 2. The molecule has 1 aliphatic carbocycles. The summed E-state index contributed by atoms with van der Waals surface area (Å²) in [5.41, 5.74) is 5.20. The van der Waals surface area contributed by atoms with Crippen LogP contribution in [0, 0.1) is 5.92 Å². The van der Waals surface area contributed by atoms with Crippen LogP contribution in [0.3, 0.4) is 0 Å². The first-order chi connectivity index (χ1) is 20.3. The highest BCUT2D eigenvalue weighted by molar-refractivity contribution is 7.53. The highest BCUT2D eigenvalue weighted by Gasteiger charge is 2.51. The molecule has 0 bridgehead atoms. The summed E-state index contributed by atoms with van der Waals surface area (Å²) in [7, 11) is -4.16. The Morgan fingerprint density at radius 3 is 2.24 bits per heavy atom. The van der Waals surface area contributed by atoms with Crippen molar-refractivity contribution in [3.63, 3.8) is 0 Å². The molecule has 0 unspecified atom stereocenters. The van der Waals surface area contributed by atoms with Crippen LogP contribution < -0.4 is 0 Å². The number of aryl methyl sites for hydroxylation is 1. The Morgan fingerprint density at radius 1 is 0.929 bits per heavy atom. The first-order valence-electron chi connectivity index (χ1n) is 16.0. The Morgan fingerprint density at radius 2 is 1.60 bits per heavy atom. The second-order valence-electron chi connectivity index (χ2n) is 13.1. The van der Waals surface area contributed by atoms with Gasteiger partial charge in [0, 0.05) is 56.7 Å². The minimum absolute atomic E-state index is 0.390. The summed E-state index contributed by atoms with van der Waals surface area (Å²) in [6, 6.07) is 23.7. The van der Waals surface area contributed by atoms with Crippen molar-refractivity contribution in [3.05, 3.63) is 89.2 Å². The van der Waals surface area contributed by atoms with Crippen LogP contribution in [0.2, 0.25) is 0 Å². The van der Waals surface area contributed by atoms with Crippen LogP contribution in [-0.2, 0) is 17.5 Å². The predicted octanol–water partition coefficient (Wildman–Crippen LogP) is 5.88. The fourth-order valence-electron chi connectivity index (χ4n) is 8.05. The fourth-order valence-corrected chi connectivity index (χ4v) is 9.33. The average Bonchev–Trinajstić information content (AvgIpc) is 3.74. The zero-order valence-electron chi connectivity index (χ0n) is 25.0. The van der Waals surface area contributed by atoms with Crippen LogP contribution in [0.4, 0.5) is 0 Å². The molecule has 7 nitrogen and oxygen atoms in total. The average molecular weight is 591 g/mol. The maximum Gasteiger partial charge on any atom is 0.332 e. The molecule has 1 aromatic heterocycles. The summed E-state index contributed by atoms with van der Waals surface area (Å²) in [5.74, 6) is 1.38. The smallest absolute Gasteiger partial charge is 0.324 e. The van der Waals surface area contributed by atoms with Gasteiger partial charge in [0.05, 0.1) is 10.9 Å². The van der Waals surface area contributed by atoms with Crippen LogP contribution in [0.5, 0.6) is 0 Å². The van der Waals surface area contributed by atoms with E-state index >= 15 is 0 Å². The van der Waals surface area contributed by atoms with E-state index in [0.29, 0.717) is 37.1 Å². The van der Waals surface area contributed by atoms with Crippen molar-refractivity contribution in [2.45, 2.75) is 75.4 Å². The molecule has 0 amide bonds. The molecule has 226 valence electrons. The van der Waals surface area contributed by atoms with E-state index < -0.39 is 12.8 Å². The van der Waals surface area contributed by atoms with Gasteiger partial charge in [-0.1, -0.05) is 73.5 Å². The van der Waals surface area contributed by atoms with E-state index in [9.17, 15) is 14.4 Å². The van der Waals surface area contributed by atoms with Crippen molar-refractivity contribution < 1.29 is 14.4 Å². The molecule has 2 N–H and O–H groups in total. The maximum atomic E-state index is 12.6. The van der Waals surface area contributed by atoms with Gasteiger partial charge in [0.2, 0.25) is 0 Å². The summed E-state index contributed by atoms with van der Waals surface area (Å²) in [5, 5.41) is 4.10. The number of piperidine rings is 1. The third-order valence-electron chi connectivity index (χ3n) is 10.3. The molecule has 0 spiro atoms. The third-order valence-corrected chi connectivity index (χ3v) is 12.1. The SMILES string of the molecule is CCn1nc(Cc2ccccc2)cc1C1CCN(C[C@@H]2CN(CC3(P(=O)(O)O)CCCC3)C[C@@H]2c2ccccc2)CC1. The molecular formula is C34H47N4O3P. The van der Waals surface area contributed by atoms with E-state index in [-0.39, 0.29) is 0 Å². The third kappa shape index (κ3) is 6.46. The molecule has 3 aromatic rings. The quantitative estimate of drug-likeness (QED) is 0.287. The number of hydrogen-bond donors (Lipinski definition) is 2. The Balaban J connectivity index is 1.11. The zero-order valence-corrected chi connectivity index (χ0v) is 25.9. The molecule has 2 atom stereocenters. The van der Waals surface area contributed by atoms with E-state index in [1.54, 1.807) is 0 Å². The minimum atomic E-state index is -4.16. The van der Waals surface area contributed by atoms with Crippen molar-refractivity contribution in [3.8, 4) is 0 Å². The van der Waals surface area contributed by atoms with Crippen LogP contribution in [-0.4, -0.2) is 73.8 Å². The molecular weight excluding hydrogens is 543 g/mol. The van der Waals surface area contributed by atoms with Crippen LogP contribution in [0.15, 0.2) is 66.7 Å². The molecule has 0 radical (unpaired) electrons. The van der Waals surface area contributed by atoms with Crippen molar-refractivity contribution >= 4 is 7.60 Å². The lowest BCUT2D eigenvalue weighted by Gasteiger charge is -2.35. The summed E-state index contributed by atoms with van der Waals surface area (Å²) in [6.07, 6.45) is 6.29. The van der Waals surface area contributed by atoms with Gasteiger partial charge in [-0.05, 0) is 68.8 Å². The molecule has 3 heterocycles. The van der Waals surface area contributed by atoms with Crippen LogP contribution in [0.25, 0.3) is 0 Å². The minimum Gasteiger partial charge on any atom is -0.324 e. The maximum absolute atomic E-state index is 12.6. The van der Waals surface area contributed by atoms with Gasteiger partial charge in [0.15, 0.2) is 0 Å². The normalized spacial score (nSPS) is 24.0. The Labute approximate surface area is 251 Å². The number of nitrogens with zero attached hydrogens (tertiary/aromatic N) is 4. The van der Waals surface area contributed by atoms with Gasteiger partial charge in [0.25, 0.3) is 0 Å². The molecule has 42 heavy (non-hydrogen) atoms. The first kappa shape index (κ1) is 29.8. The molecule has 3 fully saturated rings. The molecule has 2 saturated heterocycles. The Bertz CT molecular complexity index is 1340. The van der Waals surface area contributed by atoms with E-state index in [4.69, 9.17) is 5.10 Å². The lowest BCUT2D eigenvalue weighted by atomic mass is 9.87. The number of hydrogen-bond acceptors (Lipinski definition) is 4. The van der Waals surface area contributed by atoms with Crippen LogP contribution in [0.1, 0.15) is 79.8 Å². The summed E-state index contributed by atoms with van der Waals surface area (Å²) < 4.78 is 14.9. The van der Waals surface area contributed by atoms with Gasteiger partial charge in [-0.25, -0.2) is 0 Å².